The monoisotopic (exact) mass is 308 g/mol. The lowest BCUT2D eigenvalue weighted by Crippen LogP contribution is -2.32. The van der Waals surface area contributed by atoms with Gasteiger partial charge >= 0.3 is 0 Å². The zero-order valence-corrected chi connectivity index (χ0v) is 13.0. The van der Waals surface area contributed by atoms with Crippen molar-refractivity contribution < 1.29 is 4.42 Å². The molecule has 3 aromatic rings. The second-order valence-corrected chi connectivity index (χ2v) is 6.00. The van der Waals surface area contributed by atoms with Gasteiger partial charge in [-0.25, -0.2) is 4.98 Å². The maximum absolute atomic E-state index is 5.65. The molecule has 1 saturated heterocycles. The van der Waals surface area contributed by atoms with Crippen LogP contribution in [0.3, 0.4) is 0 Å². The molecule has 1 atom stereocenters. The summed E-state index contributed by atoms with van der Waals surface area (Å²) in [6.45, 7) is 2.89. The summed E-state index contributed by atoms with van der Waals surface area (Å²) >= 11 is 0. The molecule has 5 heteroatoms. The van der Waals surface area contributed by atoms with Crippen LogP contribution in [0.4, 0.5) is 0 Å². The van der Waals surface area contributed by atoms with Crippen molar-refractivity contribution in [3.8, 4) is 11.5 Å². The Morgan fingerprint density at radius 1 is 1.17 bits per heavy atom. The highest BCUT2D eigenvalue weighted by molar-refractivity contribution is 5.52. The summed E-state index contributed by atoms with van der Waals surface area (Å²) in [6, 6.07) is 12.5. The molecule has 1 fully saturated rings. The van der Waals surface area contributed by atoms with Crippen molar-refractivity contribution in [1.82, 2.24) is 19.7 Å². The lowest BCUT2D eigenvalue weighted by Gasteiger charge is -2.23. The first-order chi connectivity index (χ1) is 11.4. The molecular formula is C18H20N4O. The van der Waals surface area contributed by atoms with E-state index in [2.05, 4.69) is 15.0 Å². The van der Waals surface area contributed by atoms with Gasteiger partial charge < -0.3 is 4.42 Å². The second-order valence-electron chi connectivity index (χ2n) is 6.00. The van der Waals surface area contributed by atoms with Crippen molar-refractivity contribution in [2.24, 2.45) is 0 Å². The predicted molar refractivity (Wildman–Crippen MR) is 87.6 cm³/mol. The molecule has 1 aliphatic heterocycles. The SMILES string of the molecule is c1ccc(-c2nc(CN3CCC[C@@H]3Cn3cccn3)co2)cc1. The zero-order chi connectivity index (χ0) is 15.5. The molecule has 5 nitrogen and oxygen atoms in total. The minimum atomic E-state index is 0.520. The number of aromatic nitrogens is 3. The van der Waals surface area contributed by atoms with Gasteiger partial charge in [-0.05, 0) is 37.6 Å². The molecule has 2 aromatic heterocycles. The van der Waals surface area contributed by atoms with Crippen LogP contribution in [0, 0.1) is 0 Å². The van der Waals surface area contributed by atoms with E-state index in [1.54, 1.807) is 6.26 Å². The molecule has 0 saturated carbocycles. The molecule has 0 bridgehead atoms. The Kier molecular flexibility index (Phi) is 3.94. The van der Waals surface area contributed by atoms with Crippen molar-refractivity contribution in [2.45, 2.75) is 32.0 Å². The smallest absolute Gasteiger partial charge is 0.226 e. The van der Waals surface area contributed by atoms with Crippen molar-refractivity contribution in [3.05, 3.63) is 60.7 Å². The fourth-order valence-corrected chi connectivity index (χ4v) is 3.24. The minimum absolute atomic E-state index is 0.520. The van der Waals surface area contributed by atoms with E-state index in [1.165, 1.54) is 12.8 Å². The molecule has 3 heterocycles. The number of benzene rings is 1. The van der Waals surface area contributed by atoms with Gasteiger partial charge in [-0.1, -0.05) is 18.2 Å². The second kappa shape index (κ2) is 6.38. The van der Waals surface area contributed by atoms with Crippen LogP contribution in [0.2, 0.25) is 0 Å². The molecule has 23 heavy (non-hydrogen) atoms. The molecule has 0 N–H and O–H groups in total. The van der Waals surface area contributed by atoms with Crippen molar-refractivity contribution >= 4 is 0 Å². The molecule has 1 aliphatic rings. The van der Waals surface area contributed by atoms with Gasteiger partial charge in [-0.3, -0.25) is 9.58 Å². The van der Waals surface area contributed by atoms with E-state index in [4.69, 9.17) is 4.42 Å². The summed E-state index contributed by atoms with van der Waals surface area (Å²) in [7, 11) is 0. The maximum atomic E-state index is 5.65. The molecule has 1 aromatic carbocycles. The van der Waals surface area contributed by atoms with Gasteiger partial charge in [0.05, 0.1) is 12.2 Å². The number of hydrogen-bond acceptors (Lipinski definition) is 4. The molecule has 0 radical (unpaired) electrons. The van der Waals surface area contributed by atoms with Crippen molar-refractivity contribution in [2.75, 3.05) is 6.54 Å². The van der Waals surface area contributed by atoms with E-state index in [-0.39, 0.29) is 0 Å². The molecule has 0 amide bonds. The Morgan fingerprint density at radius 2 is 2.09 bits per heavy atom. The first-order valence-corrected chi connectivity index (χ1v) is 8.10. The van der Waals surface area contributed by atoms with Crippen LogP contribution in [0.25, 0.3) is 11.5 Å². The van der Waals surface area contributed by atoms with E-state index in [9.17, 15) is 0 Å². The van der Waals surface area contributed by atoms with E-state index < -0.39 is 0 Å². The third-order valence-electron chi connectivity index (χ3n) is 4.39. The fraction of sp³-hybridized carbons (Fsp3) is 0.333. The highest BCUT2D eigenvalue weighted by atomic mass is 16.3. The topological polar surface area (TPSA) is 47.1 Å². The van der Waals surface area contributed by atoms with Crippen LogP contribution in [0.15, 0.2) is 59.5 Å². The summed E-state index contributed by atoms with van der Waals surface area (Å²) in [5.74, 6) is 0.698. The zero-order valence-electron chi connectivity index (χ0n) is 13.0. The molecule has 0 spiro atoms. The van der Waals surface area contributed by atoms with E-state index in [0.29, 0.717) is 11.9 Å². The summed E-state index contributed by atoms with van der Waals surface area (Å²) in [4.78, 5) is 7.13. The molecule has 0 aliphatic carbocycles. The fourth-order valence-electron chi connectivity index (χ4n) is 3.24. The highest BCUT2D eigenvalue weighted by Gasteiger charge is 2.25. The summed E-state index contributed by atoms with van der Waals surface area (Å²) < 4.78 is 7.66. The largest absolute Gasteiger partial charge is 0.444 e. The van der Waals surface area contributed by atoms with Crippen molar-refractivity contribution in [1.29, 1.82) is 0 Å². The van der Waals surface area contributed by atoms with E-state index in [1.807, 2.05) is 53.5 Å². The normalized spacial score (nSPS) is 18.5. The van der Waals surface area contributed by atoms with Gasteiger partial charge in [0, 0.05) is 30.5 Å². The van der Waals surface area contributed by atoms with Crippen LogP contribution in [0.5, 0.6) is 0 Å². The van der Waals surface area contributed by atoms with Gasteiger partial charge in [-0.2, -0.15) is 5.10 Å². The van der Waals surface area contributed by atoms with Gasteiger partial charge in [0.15, 0.2) is 0 Å². The van der Waals surface area contributed by atoms with Gasteiger partial charge in [-0.15, -0.1) is 0 Å². The lowest BCUT2D eigenvalue weighted by atomic mass is 10.2. The summed E-state index contributed by atoms with van der Waals surface area (Å²) in [6.07, 6.45) is 8.09. The van der Waals surface area contributed by atoms with Crippen LogP contribution >= 0.6 is 0 Å². The van der Waals surface area contributed by atoms with Crippen LogP contribution in [-0.4, -0.2) is 32.3 Å². The number of nitrogens with zero attached hydrogens (tertiary/aromatic N) is 4. The molecule has 4 rings (SSSR count). The third kappa shape index (κ3) is 3.19. The average Bonchev–Trinajstić information content (AvgIpc) is 3.33. The van der Waals surface area contributed by atoms with Crippen molar-refractivity contribution in [3.63, 3.8) is 0 Å². The average molecular weight is 308 g/mol. The van der Waals surface area contributed by atoms with Gasteiger partial charge in [0.25, 0.3) is 0 Å². The Labute approximate surface area is 135 Å². The van der Waals surface area contributed by atoms with Crippen LogP contribution in [-0.2, 0) is 13.1 Å². The van der Waals surface area contributed by atoms with Gasteiger partial charge in [0.1, 0.15) is 6.26 Å². The maximum Gasteiger partial charge on any atom is 0.226 e. The minimum Gasteiger partial charge on any atom is -0.444 e. The number of likely N-dealkylation sites (tertiary alicyclic amines) is 1. The number of hydrogen-bond donors (Lipinski definition) is 0. The number of oxazole rings is 1. The quantitative estimate of drug-likeness (QED) is 0.726. The Morgan fingerprint density at radius 3 is 2.91 bits per heavy atom. The predicted octanol–water partition coefficient (Wildman–Crippen LogP) is 3.20. The Balaban J connectivity index is 1.44. The van der Waals surface area contributed by atoms with Crippen LogP contribution < -0.4 is 0 Å². The van der Waals surface area contributed by atoms with Gasteiger partial charge in [0.2, 0.25) is 5.89 Å². The van der Waals surface area contributed by atoms with E-state index >= 15 is 0 Å². The first-order valence-electron chi connectivity index (χ1n) is 8.10. The van der Waals surface area contributed by atoms with Crippen LogP contribution in [0.1, 0.15) is 18.5 Å². The molecular weight excluding hydrogens is 288 g/mol. The Hall–Kier alpha value is -2.40. The summed E-state index contributed by atoms with van der Waals surface area (Å²) in [5, 5.41) is 4.32. The standard InChI is InChI=1S/C18H20N4O/c1-2-6-15(7-3-1)18-20-16(14-23-18)12-21-10-4-8-17(21)13-22-11-5-9-19-22/h1-3,5-7,9,11,14,17H,4,8,10,12-13H2/t17-/m1/s1. The lowest BCUT2D eigenvalue weighted by molar-refractivity contribution is 0.217. The first kappa shape index (κ1) is 14.2. The highest BCUT2D eigenvalue weighted by Crippen LogP contribution is 2.23. The number of rotatable bonds is 5. The Bertz CT molecular complexity index is 735. The summed E-state index contributed by atoms with van der Waals surface area (Å²) in [5.41, 5.74) is 2.02. The third-order valence-corrected chi connectivity index (χ3v) is 4.39. The molecule has 0 unspecified atom stereocenters. The van der Waals surface area contributed by atoms with E-state index in [0.717, 1.165) is 30.9 Å². The molecule has 118 valence electrons.